The van der Waals surface area contributed by atoms with Gasteiger partial charge in [0.15, 0.2) is 5.96 Å². The summed E-state index contributed by atoms with van der Waals surface area (Å²) in [4.78, 5) is 32.0. The predicted molar refractivity (Wildman–Crippen MR) is 145 cm³/mol. The van der Waals surface area contributed by atoms with E-state index in [1.807, 2.05) is 0 Å². The Morgan fingerprint density at radius 3 is 2.03 bits per heavy atom. The van der Waals surface area contributed by atoms with Crippen LogP contribution < -0.4 is 32.1 Å². The monoisotopic (exact) mass is 535 g/mol. The maximum Gasteiger partial charge on any atom is 0.355 e. The van der Waals surface area contributed by atoms with Gasteiger partial charge in [-0.15, -0.1) is 0 Å². The first kappa shape index (κ1) is 27.0. The van der Waals surface area contributed by atoms with E-state index in [9.17, 15) is 18.4 Å². The average molecular weight is 536 g/mol. The van der Waals surface area contributed by atoms with Gasteiger partial charge in [0.1, 0.15) is 17.4 Å². The molecule has 4 aromatic rings. The average Bonchev–Trinajstić information content (AvgIpc) is 2.93. The van der Waals surface area contributed by atoms with Crippen molar-refractivity contribution in [1.29, 1.82) is 5.41 Å². The maximum absolute atomic E-state index is 13.5. The number of anilines is 2. The van der Waals surface area contributed by atoms with Crippen molar-refractivity contribution in [2.75, 3.05) is 30.4 Å². The second-order valence-corrected chi connectivity index (χ2v) is 8.59. The van der Waals surface area contributed by atoms with Crippen LogP contribution in [-0.4, -0.2) is 40.3 Å². The number of nitrogens with one attached hydrogen (secondary N) is 2. The summed E-state index contributed by atoms with van der Waals surface area (Å²) in [7, 11) is 1.55. The Bertz CT molecular complexity index is 1550. The number of aromatic nitrogens is 3. The Hall–Kier alpha value is -5.00. The molecule has 0 aliphatic carbocycles. The molecular weight excluding hydrogens is 508 g/mol. The molecule has 0 aliphatic heterocycles. The smallest absolute Gasteiger partial charge is 0.355 e. The number of halogens is 2. The number of ether oxygens (including phenoxy) is 1. The molecule has 0 unspecified atom stereocenters. The fraction of sp³-hybridized carbons (Fsp3) is 0.185. The van der Waals surface area contributed by atoms with Crippen LogP contribution in [0.4, 0.5) is 20.4 Å². The van der Waals surface area contributed by atoms with Gasteiger partial charge in [-0.2, -0.15) is 4.98 Å². The second-order valence-electron chi connectivity index (χ2n) is 8.59. The highest BCUT2D eigenvalue weighted by Gasteiger charge is 2.16. The van der Waals surface area contributed by atoms with E-state index < -0.39 is 23.0 Å². The van der Waals surface area contributed by atoms with Crippen molar-refractivity contribution in [2.24, 2.45) is 5.73 Å². The van der Waals surface area contributed by atoms with Gasteiger partial charge in [-0.25, -0.2) is 22.9 Å². The van der Waals surface area contributed by atoms with Crippen LogP contribution >= 0.6 is 0 Å². The summed E-state index contributed by atoms with van der Waals surface area (Å²) < 4.78 is 34.2. The molecule has 1 aromatic heterocycles. The predicted octanol–water partition coefficient (Wildman–Crippen LogP) is 2.60. The maximum atomic E-state index is 13.5. The van der Waals surface area contributed by atoms with Gasteiger partial charge in [0.2, 0.25) is 5.95 Å². The number of hydrogen-bond donors (Lipinski definition) is 3. The molecule has 4 N–H and O–H groups in total. The van der Waals surface area contributed by atoms with Crippen molar-refractivity contribution in [3.8, 4) is 5.75 Å². The Morgan fingerprint density at radius 1 is 0.923 bits per heavy atom. The SMILES string of the molecule is COc1ccc(Cn2c(NCCN(C(=N)N)c3ccc(F)cc3)nc(=O)n(Cc3ccc(F)cc3)c2=O)cc1. The first-order valence-electron chi connectivity index (χ1n) is 11.9. The van der Waals surface area contributed by atoms with Crippen LogP contribution in [0.25, 0.3) is 0 Å². The van der Waals surface area contributed by atoms with E-state index in [0.717, 1.165) is 10.1 Å². The van der Waals surface area contributed by atoms with Gasteiger partial charge in [0.05, 0.1) is 20.2 Å². The van der Waals surface area contributed by atoms with Crippen molar-refractivity contribution in [3.63, 3.8) is 0 Å². The first-order chi connectivity index (χ1) is 18.7. The molecule has 12 heteroatoms. The molecule has 1 heterocycles. The van der Waals surface area contributed by atoms with Crippen molar-refractivity contribution in [1.82, 2.24) is 14.1 Å². The van der Waals surface area contributed by atoms with E-state index in [1.54, 1.807) is 31.4 Å². The number of nitrogens with zero attached hydrogens (tertiary/aromatic N) is 4. The third kappa shape index (κ3) is 6.66. The van der Waals surface area contributed by atoms with Crippen LogP contribution in [0.3, 0.4) is 0 Å². The van der Waals surface area contributed by atoms with Crippen LogP contribution in [0.1, 0.15) is 11.1 Å². The van der Waals surface area contributed by atoms with E-state index in [0.29, 0.717) is 17.0 Å². The summed E-state index contributed by atoms with van der Waals surface area (Å²) in [6, 6.07) is 18.1. The van der Waals surface area contributed by atoms with Crippen molar-refractivity contribution >= 4 is 17.6 Å². The minimum Gasteiger partial charge on any atom is -0.497 e. The van der Waals surface area contributed by atoms with E-state index in [-0.39, 0.29) is 38.1 Å². The molecule has 3 aromatic carbocycles. The van der Waals surface area contributed by atoms with Crippen LogP contribution in [0.5, 0.6) is 5.75 Å². The number of benzene rings is 3. The van der Waals surface area contributed by atoms with Gasteiger partial charge in [0, 0.05) is 18.8 Å². The van der Waals surface area contributed by atoms with Crippen LogP contribution in [0.15, 0.2) is 82.4 Å². The largest absolute Gasteiger partial charge is 0.497 e. The Kier molecular flexibility index (Phi) is 8.34. The van der Waals surface area contributed by atoms with Gasteiger partial charge >= 0.3 is 11.4 Å². The molecule has 0 amide bonds. The molecule has 0 radical (unpaired) electrons. The van der Waals surface area contributed by atoms with Gasteiger partial charge in [-0.05, 0) is 59.7 Å². The fourth-order valence-electron chi connectivity index (χ4n) is 3.92. The third-order valence-corrected chi connectivity index (χ3v) is 5.95. The lowest BCUT2D eigenvalue weighted by Crippen LogP contribution is -2.44. The summed E-state index contributed by atoms with van der Waals surface area (Å²) in [5.74, 6) is -0.441. The molecule has 202 valence electrons. The minimum absolute atomic E-state index is 0.0267. The van der Waals surface area contributed by atoms with Gasteiger partial charge in [-0.3, -0.25) is 9.98 Å². The van der Waals surface area contributed by atoms with Gasteiger partial charge in [0.25, 0.3) is 0 Å². The molecule has 4 rings (SSSR count). The lowest BCUT2D eigenvalue weighted by molar-refractivity contribution is 0.414. The summed E-state index contributed by atoms with van der Waals surface area (Å²) >= 11 is 0. The Balaban J connectivity index is 1.64. The van der Waals surface area contributed by atoms with Crippen molar-refractivity contribution < 1.29 is 13.5 Å². The van der Waals surface area contributed by atoms with E-state index in [4.69, 9.17) is 15.9 Å². The molecule has 0 aliphatic rings. The summed E-state index contributed by atoms with van der Waals surface area (Å²) in [6.07, 6.45) is 0. The van der Waals surface area contributed by atoms with Crippen molar-refractivity contribution in [2.45, 2.75) is 13.1 Å². The molecule has 0 saturated heterocycles. The number of guanidine groups is 1. The molecule has 0 fully saturated rings. The Labute approximate surface area is 222 Å². The molecule has 0 spiro atoms. The quantitative estimate of drug-likeness (QED) is 0.210. The minimum atomic E-state index is -0.778. The first-order valence-corrected chi connectivity index (χ1v) is 11.9. The molecular formula is C27H27F2N7O3. The number of rotatable bonds is 10. The number of nitrogens with two attached hydrogens (primary N) is 1. The zero-order chi connectivity index (χ0) is 27.9. The van der Waals surface area contributed by atoms with Gasteiger partial charge < -0.3 is 20.7 Å². The van der Waals surface area contributed by atoms with Crippen LogP contribution in [0.2, 0.25) is 0 Å². The lowest BCUT2D eigenvalue weighted by Gasteiger charge is -2.23. The highest BCUT2D eigenvalue weighted by atomic mass is 19.1. The lowest BCUT2D eigenvalue weighted by atomic mass is 10.2. The summed E-state index contributed by atoms with van der Waals surface area (Å²) in [5.41, 5.74) is 6.15. The third-order valence-electron chi connectivity index (χ3n) is 5.95. The zero-order valence-corrected chi connectivity index (χ0v) is 21.1. The number of hydrogen-bond acceptors (Lipinski definition) is 6. The molecule has 0 atom stereocenters. The zero-order valence-electron chi connectivity index (χ0n) is 21.1. The molecule has 0 saturated carbocycles. The fourth-order valence-corrected chi connectivity index (χ4v) is 3.92. The highest BCUT2D eigenvalue weighted by molar-refractivity contribution is 5.92. The topological polar surface area (TPSA) is 131 Å². The van der Waals surface area contributed by atoms with E-state index in [1.165, 1.54) is 58.0 Å². The highest BCUT2D eigenvalue weighted by Crippen LogP contribution is 2.15. The van der Waals surface area contributed by atoms with Crippen LogP contribution in [-0.2, 0) is 13.1 Å². The molecule has 0 bridgehead atoms. The molecule has 10 nitrogen and oxygen atoms in total. The summed E-state index contributed by atoms with van der Waals surface area (Å²) in [6.45, 7) is 0.318. The normalized spacial score (nSPS) is 10.7. The standard InChI is InChI=1S/C27H27F2N7O3/c1-39-23-12-4-19(5-13-23)16-35-25(32-14-15-34(24(30)31)22-10-8-21(29)9-11-22)33-26(37)36(27(35)38)17-18-2-6-20(28)7-3-18/h2-13H,14-17H2,1H3,(H3,30,31)(H,32,33,37). The van der Waals surface area contributed by atoms with E-state index in [2.05, 4.69) is 10.3 Å². The van der Waals surface area contributed by atoms with E-state index >= 15 is 0 Å². The van der Waals surface area contributed by atoms with Crippen molar-refractivity contribution in [3.05, 3.63) is 117 Å². The second kappa shape index (κ2) is 12.0. The Morgan fingerprint density at radius 2 is 1.46 bits per heavy atom. The van der Waals surface area contributed by atoms with Gasteiger partial charge in [-0.1, -0.05) is 24.3 Å². The number of methoxy groups -OCH3 is 1. The molecule has 39 heavy (non-hydrogen) atoms. The van der Waals surface area contributed by atoms with Crippen LogP contribution in [0, 0.1) is 17.0 Å². The summed E-state index contributed by atoms with van der Waals surface area (Å²) in [5, 5.41) is 10.9.